The van der Waals surface area contributed by atoms with Gasteiger partial charge in [0.1, 0.15) is 11.6 Å². The van der Waals surface area contributed by atoms with E-state index in [-0.39, 0.29) is 11.9 Å². The quantitative estimate of drug-likeness (QED) is 0.367. The van der Waals surface area contributed by atoms with Gasteiger partial charge in [-0.3, -0.25) is 4.79 Å². The lowest BCUT2D eigenvalue weighted by atomic mass is 10.1. The normalized spacial score (nSPS) is 12.0. The number of hydrogen-bond acceptors (Lipinski definition) is 3. The van der Waals surface area contributed by atoms with Crippen molar-refractivity contribution in [2.24, 2.45) is 0 Å². The third kappa shape index (κ3) is 4.59. The van der Waals surface area contributed by atoms with Crippen LogP contribution in [0.15, 0.2) is 60.7 Å². The van der Waals surface area contributed by atoms with Gasteiger partial charge in [0.2, 0.25) is 0 Å². The molecule has 0 bridgehead atoms. The van der Waals surface area contributed by atoms with Crippen LogP contribution in [0.1, 0.15) is 40.3 Å². The minimum absolute atomic E-state index is 0.141. The van der Waals surface area contributed by atoms with E-state index in [9.17, 15) is 4.79 Å². The zero-order valence-corrected chi connectivity index (χ0v) is 19.5. The SMILES string of the molecule is COc1ccc(C(C)NC(=O)c2ccc3c(c2)nc(C)n3Cc2ccc(Cl)c(Cl)c2)cc1. The highest BCUT2D eigenvalue weighted by Crippen LogP contribution is 2.25. The fraction of sp³-hybridized carbons (Fsp3) is 0.200. The summed E-state index contributed by atoms with van der Waals surface area (Å²) in [5.41, 5.74) is 4.32. The van der Waals surface area contributed by atoms with Crippen LogP contribution in [0.4, 0.5) is 0 Å². The predicted molar refractivity (Wildman–Crippen MR) is 129 cm³/mol. The Hall–Kier alpha value is -3.02. The van der Waals surface area contributed by atoms with Crippen LogP contribution in [-0.4, -0.2) is 22.6 Å². The van der Waals surface area contributed by atoms with Gasteiger partial charge in [-0.2, -0.15) is 0 Å². The Labute approximate surface area is 196 Å². The summed E-state index contributed by atoms with van der Waals surface area (Å²) in [5, 5.41) is 4.10. The van der Waals surface area contributed by atoms with Crippen molar-refractivity contribution < 1.29 is 9.53 Å². The summed E-state index contributed by atoms with van der Waals surface area (Å²) in [6.45, 7) is 4.51. The monoisotopic (exact) mass is 467 g/mol. The van der Waals surface area contributed by atoms with Crippen LogP contribution in [0.2, 0.25) is 10.0 Å². The molecule has 1 heterocycles. The van der Waals surface area contributed by atoms with Gasteiger partial charge in [0, 0.05) is 12.1 Å². The van der Waals surface area contributed by atoms with Crippen molar-refractivity contribution in [1.82, 2.24) is 14.9 Å². The van der Waals surface area contributed by atoms with Gasteiger partial charge < -0.3 is 14.6 Å². The molecule has 0 saturated heterocycles. The lowest BCUT2D eigenvalue weighted by Crippen LogP contribution is -2.26. The van der Waals surface area contributed by atoms with Crippen LogP contribution >= 0.6 is 23.2 Å². The van der Waals surface area contributed by atoms with Crippen LogP contribution < -0.4 is 10.1 Å². The first kappa shape index (κ1) is 22.2. The van der Waals surface area contributed by atoms with Gasteiger partial charge in [-0.25, -0.2) is 4.98 Å². The number of amides is 1. The largest absolute Gasteiger partial charge is 0.497 e. The third-order valence-corrected chi connectivity index (χ3v) is 6.23. The average molecular weight is 468 g/mol. The summed E-state index contributed by atoms with van der Waals surface area (Å²) in [6, 6.07) is 18.7. The molecule has 1 atom stereocenters. The summed E-state index contributed by atoms with van der Waals surface area (Å²) in [6.07, 6.45) is 0. The molecule has 4 aromatic rings. The highest BCUT2D eigenvalue weighted by atomic mass is 35.5. The number of carbonyl (C=O) groups excluding carboxylic acids is 1. The first-order valence-corrected chi connectivity index (χ1v) is 11.0. The van der Waals surface area contributed by atoms with Crippen LogP contribution in [0.3, 0.4) is 0 Å². The van der Waals surface area contributed by atoms with Gasteiger partial charge in [-0.05, 0) is 67.4 Å². The van der Waals surface area contributed by atoms with E-state index in [2.05, 4.69) is 14.9 Å². The zero-order valence-electron chi connectivity index (χ0n) is 18.0. The Bertz CT molecular complexity index is 1280. The zero-order chi connectivity index (χ0) is 22.8. The Morgan fingerprint density at radius 3 is 2.50 bits per heavy atom. The molecule has 0 aliphatic heterocycles. The van der Waals surface area contributed by atoms with Gasteiger partial charge in [0.05, 0.1) is 34.2 Å². The van der Waals surface area contributed by atoms with E-state index in [1.54, 1.807) is 13.2 Å². The molecule has 0 aliphatic rings. The van der Waals surface area contributed by atoms with E-state index >= 15 is 0 Å². The Morgan fingerprint density at radius 2 is 1.81 bits per heavy atom. The number of imidazole rings is 1. The summed E-state index contributed by atoms with van der Waals surface area (Å²) >= 11 is 12.2. The van der Waals surface area contributed by atoms with E-state index in [0.29, 0.717) is 22.2 Å². The van der Waals surface area contributed by atoms with E-state index in [0.717, 1.165) is 33.7 Å². The highest BCUT2D eigenvalue weighted by Gasteiger charge is 2.15. The number of hydrogen-bond donors (Lipinski definition) is 1. The molecule has 0 aliphatic carbocycles. The molecule has 0 radical (unpaired) electrons. The second-order valence-corrected chi connectivity index (χ2v) is 8.48. The maximum Gasteiger partial charge on any atom is 0.251 e. The van der Waals surface area contributed by atoms with Gasteiger partial charge in [-0.1, -0.05) is 41.4 Å². The molecule has 5 nitrogen and oxygen atoms in total. The van der Waals surface area contributed by atoms with Crippen LogP contribution in [0.5, 0.6) is 5.75 Å². The predicted octanol–water partition coefficient (Wildman–Crippen LogP) is 6.20. The number of carbonyl (C=O) groups is 1. The Balaban J connectivity index is 1.54. The molecule has 7 heteroatoms. The molecule has 0 fully saturated rings. The van der Waals surface area contributed by atoms with Crippen molar-refractivity contribution in [2.45, 2.75) is 26.4 Å². The smallest absolute Gasteiger partial charge is 0.251 e. The number of aromatic nitrogens is 2. The topological polar surface area (TPSA) is 56.1 Å². The van der Waals surface area contributed by atoms with Gasteiger partial charge in [0.25, 0.3) is 5.91 Å². The second kappa shape index (κ2) is 9.23. The molecule has 1 unspecified atom stereocenters. The van der Waals surface area contributed by atoms with Crippen LogP contribution in [0.25, 0.3) is 11.0 Å². The van der Waals surface area contributed by atoms with Gasteiger partial charge in [0.15, 0.2) is 0 Å². The van der Waals surface area contributed by atoms with Gasteiger partial charge >= 0.3 is 0 Å². The number of fused-ring (bicyclic) bond motifs is 1. The average Bonchev–Trinajstić information content (AvgIpc) is 3.10. The molecular weight excluding hydrogens is 445 g/mol. The highest BCUT2D eigenvalue weighted by molar-refractivity contribution is 6.42. The Morgan fingerprint density at radius 1 is 1.06 bits per heavy atom. The van der Waals surface area contributed by atoms with Gasteiger partial charge in [-0.15, -0.1) is 0 Å². The molecule has 32 heavy (non-hydrogen) atoms. The number of aryl methyl sites for hydroxylation is 1. The van der Waals surface area contributed by atoms with Crippen molar-refractivity contribution in [3.63, 3.8) is 0 Å². The first-order valence-electron chi connectivity index (χ1n) is 10.2. The molecule has 1 N–H and O–H groups in total. The summed E-state index contributed by atoms with van der Waals surface area (Å²) in [5.74, 6) is 1.49. The van der Waals surface area contributed by atoms with Crippen molar-refractivity contribution in [3.05, 3.63) is 93.2 Å². The second-order valence-electron chi connectivity index (χ2n) is 7.67. The fourth-order valence-corrected chi connectivity index (χ4v) is 3.99. The standard InChI is InChI=1S/C25H23Cl2N3O2/c1-15(18-5-8-20(32-3)9-6-18)28-25(31)19-7-11-24-23(13-19)29-16(2)30(24)14-17-4-10-21(26)22(27)12-17/h4-13,15H,14H2,1-3H3,(H,28,31). The number of nitrogens with zero attached hydrogens (tertiary/aromatic N) is 2. The molecule has 1 amide bonds. The number of nitrogens with one attached hydrogen (secondary N) is 1. The minimum atomic E-state index is -0.146. The lowest BCUT2D eigenvalue weighted by Gasteiger charge is -2.15. The molecule has 1 aromatic heterocycles. The van der Waals surface area contributed by atoms with Crippen LogP contribution in [-0.2, 0) is 6.54 Å². The van der Waals surface area contributed by atoms with Crippen molar-refractivity contribution in [2.75, 3.05) is 7.11 Å². The lowest BCUT2D eigenvalue weighted by molar-refractivity contribution is 0.0940. The molecule has 0 saturated carbocycles. The molecule has 3 aromatic carbocycles. The van der Waals surface area contributed by atoms with E-state index in [1.165, 1.54) is 0 Å². The number of methoxy groups -OCH3 is 1. The van der Waals surface area contributed by atoms with E-state index < -0.39 is 0 Å². The Kier molecular flexibility index (Phi) is 6.40. The number of halogens is 2. The first-order chi connectivity index (χ1) is 15.4. The summed E-state index contributed by atoms with van der Waals surface area (Å²) in [4.78, 5) is 17.5. The van der Waals surface area contributed by atoms with Crippen molar-refractivity contribution in [1.29, 1.82) is 0 Å². The maximum atomic E-state index is 12.8. The molecular formula is C25H23Cl2N3O2. The third-order valence-electron chi connectivity index (χ3n) is 5.49. The van der Waals surface area contributed by atoms with Crippen molar-refractivity contribution >= 4 is 40.1 Å². The van der Waals surface area contributed by atoms with E-state index in [1.807, 2.05) is 68.4 Å². The minimum Gasteiger partial charge on any atom is -0.497 e. The molecule has 4 rings (SSSR count). The maximum absolute atomic E-state index is 12.8. The van der Waals surface area contributed by atoms with E-state index in [4.69, 9.17) is 27.9 Å². The molecule has 0 spiro atoms. The number of benzene rings is 3. The number of ether oxygens (including phenoxy) is 1. The summed E-state index contributed by atoms with van der Waals surface area (Å²) < 4.78 is 7.29. The fourth-order valence-electron chi connectivity index (χ4n) is 3.67. The van der Waals surface area contributed by atoms with Crippen LogP contribution in [0, 0.1) is 6.92 Å². The van der Waals surface area contributed by atoms with Crippen molar-refractivity contribution in [3.8, 4) is 5.75 Å². The number of rotatable bonds is 6. The summed E-state index contributed by atoms with van der Waals surface area (Å²) in [7, 11) is 1.63. The molecule has 164 valence electrons.